The number of carbonyl (C=O) groups excluding carboxylic acids is 1. The molecule has 1 saturated carbocycles. The summed E-state index contributed by atoms with van der Waals surface area (Å²) >= 11 is 0. The van der Waals surface area contributed by atoms with Crippen LogP contribution in [0, 0.1) is 5.82 Å². The normalized spacial score (nSPS) is 24.3. The Balaban J connectivity index is 2.01. The second-order valence-corrected chi connectivity index (χ2v) is 4.77. The lowest BCUT2D eigenvalue weighted by Gasteiger charge is -2.22. The lowest BCUT2D eigenvalue weighted by Crippen LogP contribution is -2.47. The molecule has 0 bridgehead atoms. The van der Waals surface area contributed by atoms with Crippen LogP contribution in [0.1, 0.15) is 42.5 Å². The molecule has 5 heteroatoms. The van der Waals surface area contributed by atoms with Crippen LogP contribution in [0.4, 0.5) is 4.39 Å². The van der Waals surface area contributed by atoms with Crippen LogP contribution in [0.5, 0.6) is 0 Å². The van der Waals surface area contributed by atoms with E-state index in [9.17, 15) is 9.18 Å². The Bertz CT molecular complexity index is 424. The quantitative estimate of drug-likeness (QED) is 0.785. The van der Waals surface area contributed by atoms with Gasteiger partial charge in [-0.25, -0.2) is 4.39 Å². The van der Waals surface area contributed by atoms with Crippen molar-refractivity contribution in [2.75, 3.05) is 0 Å². The highest BCUT2D eigenvalue weighted by Crippen LogP contribution is 2.17. The third-order valence-electron chi connectivity index (χ3n) is 3.35. The van der Waals surface area contributed by atoms with E-state index in [0.29, 0.717) is 0 Å². The number of nitrogens with one attached hydrogen (secondary N) is 1. The van der Waals surface area contributed by atoms with Gasteiger partial charge in [0.25, 0.3) is 5.91 Å². The zero-order valence-corrected chi connectivity index (χ0v) is 10.2. The summed E-state index contributed by atoms with van der Waals surface area (Å²) in [6.45, 7) is 0. The number of pyridine rings is 1. The van der Waals surface area contributed by atoms with Crippen molar-refractivity contribution in [2.24, 2.45) is 5.73 Å². The fourth-order valence-corrected chi connectivity index (χ4v) is 2.30. The smallest absolute Gasteiger partial charge is 0.253 e. The first-order valence-corrected chi connectivity index (χ1v) is 6.34. The molecule has 18 heavy (non-hydrogen) atoms. The van der Waals surface area contributed by atoms with Crippen LogP contribution in [-0.4, -0.2) is 23.0 Å². The SMILES string of the molecule is NC1CCCCCC1NC(=O)c1cncc(F)c1. The molecule has 1 fully saturated rings. The number of carbonyl (C=O) groups is 1. The largest absolute Gasteiger partial charge is 0.348 e. The fraction of sp³-hybridized carbons (Fsp3) is 0.538. The van der Waals surface area contributed by atoms with E-state index in [-0.39, 0.29) is 23.6 Å². The highest BCUT2D eigenvalue weighted by atomic mass is 19.1. The first-order valence-electron chi connectivity index (χ1n) is 6.34. The number of amides is 1. The third-order valence-corrected chi connectivity index (χ3v) is 3.35. The Morgan fingerprint density at radius 1 is 1.33 bits per heavy atom. The topological polar surface area (TPSA) is 68.0 Å². The number of halogens is 1. The van der Waals surface area contributed by atoms with Crippen LogP contribution >= 0.6 is 0 Å². The summed E-state index contributed by atoms with van der Waals surface area (Å²) in [7, 11) is 0. The minimum Gasteiger partial charge on any atom is -0.348 e. The first kappa shape index (κ1) is 13.0. The van der Waals surface area contributed by atoms with E-state index in [4.69, 9.17) is 5.73 Å². The zero-order valence-electron chi connectivity index (χ0n) is 10.2. The summed E-state index contributed by atoms with van der Waals surface area (Å²) in [5.74, 6) is -0.808. The lowest BCUT2D eigenvalue weighted by molar-refractivity contribution is 0.0928. The molecule has 1 aromatic rings. The van der Waals surface area contributed by atoms with Gasteiger partial charge in [-0.1, -0.05) is 19.3 Å². The van der Waals surface area contributed by atoms with Crippen molar-refractivity contribution in [3.05, 3.63) is 29.8 Å². The van der Waals surface area contributed by atoms with Crippen LogP contribution < -0.4 is 11.1 Å². The van der Waals surface area contributed by atoms with Gasteiger partial charge in [-0.15, -0.1) is 0 Å². The second kappa shape index (κ2) is 5.91. The molecule has 2 atom stereocenters. The van der Waals surface area contributed by atoms with Crippen molar-refractivity contribution in [3.8, 4) is 0 Å². The molecule has 3 N–H and O–H groups in total. The molecule has 2 unspecified atom stereocenters. The molecule has 1 amide bonds. The van der Waals surface area contributed by atoms with E-state index in [1.165, 1.54) is 12.3 Å². The van der Waals surface area contributed by atoms with Gasteiger partial charge >= 0.3 is 0 Å². The summed E-state index contributed by atoms with van der Waals surface area (Å²) < 4.78 is 13.0. The molecule has 0 aliphatic heterocycles. The van der Waals surface area contributed by atoms with Gasteiger partial charge in [0.05, 0.1) is 11.8 Å². The number of hydrogen-bond donors (Lipinski definition) is 2. The Labute approximate surface area is 106 Å². The molecule has 1 aliphatic rings. The van der Waals surface area contributed by atoms with Crippen LogP contribution in [-0.2, 0) is 0 Å². The van der Waals surface area contributed by atoms with Crippen molar-refractivity contribution < 1.29 is 9.18 Å². The maximum absolute atomic E-state index is 13.0. The molecule has 0 saturated heterocycles. The number of aromatic nitrogens is 1. The minimum absolute atomic E-state index is 0.0158. The summed E-state index contributed by atoms with van der Waals surface area (Å²) in [4.78, 5) is 15.6. The maximum Gasteiger partial charge on any atom is 0.253 e. The molecule has 98 valence electrons. The monoisotopic (exact) mass is 251 g/mol. The van der Waals surface area contributed by atoms with Gasteiger partial charge in [0, 0.05) is 18.3 Å². The van der Waals surface area contributed by atoms with E-state index in [0.717, 1.165) is 38.3 Å². The molecule has 0 radical (unpaired) electrons. The summed E-state index contributed by atoms with van der Waals surface area (Å²) in [5.41, 5.74) is 6.27. The first-order chi connectivity index (χ1) is 8.66. The van der Waals surface area contributed by atoms with Gasteiger partial charge in [0.15, 0.2) is 0 Å². The minimum atomic E-state index is -0.507. The van der Waals surface area contributed by atoms with Gasteiger partial charge < -0.3 is 11.1 Å². The Morgan fingerprint density at radius 3 is 2.89 bits per heavy atom. The Morgan fingerprint density at radius 2 is 2.11 bits per heavy atom. The molecule has 0 aromatic carbocycles. The highest BCUT2D eigenvalue weighted by Gasteiger charge is 2.22. The van der Waals surface area contributed by atoms with Crippen molar-refractivity contribution in [2.45, 2.75) is 44.2 Å². The highest BCUT2D eigenvalue weighted by molar-refractivity contribution is 5.94. The third kappa shape index (κ3) is 3.26. The van der Waals surface area contributed by atoms with Crippen molar-refractivity contribution >= 4 is 5.91 Å². The number of nitrogens with zero attached hydrogens (tertiary/aromatic N) is 1. The molecule has 1 aliphatic carbocycles. The van der Waals surface area contributed by atoms with Crippen molar-refractivity contribution in [3.63, 3.8) is 0 Å². The second-order valence-electron chi connectivity index (χ2n) is 4.77. The standard InChI is InChI=1S/C13H18FN3O/c14-10-6-9(7-16-8-10)13(18)17-12-5-3-1-2-4-11(12)15/h6-8,11-12H,1-5,15H2,(H,17,18). The molecule has 1 heterocycles. The predicted octanol–water partition coefficient (Wildman–Crippen LogP) is 1.61. The molecule has 1 aromatic heterocycles. The molecule has 4 nitrogen and oxygen atoms in total. The van der Waals surface area contributed by atoms with Gasteiger partial charge in [0.1, 0.15) is 5.82 Å². The van der Waals surface area contributed by atoms with Crippen LogP contribution in [0.3, 0.4) is 0 Å². The fourth-order valence-electron chi connectivity index (χ4n) is 2.30. The van der Waals surface area contributed by atoms with E-state index in [1.54, 1.807) is 0 Å². The van der Waals surface area contributed by atoms with Gasteiger partial charge in [-0.05, 0) is 18.9 Å². The summed E-state index contributed by atoms with van der Waals surface area (Å²) in [6.07, 6.45) is 7.58. The zero-order chi connectivity index (χ0) is 13.0. The van der Waals surface area contributed by atoms with Crippen LogP contribution in [0.2, 0.25) is 0 Å². The molecule has 0 spiro atoms. The average Bonchev–Trinajstić information content (AvgIpc) is 2.55. The predicted molar refractivity (Wildman–Crippen MR) is 66.5 cm³/mol. The molecular weight excluding hydrogens is 233 g/mol. The van der Waals surface area contributed by atoms with E-state index >= 15 is 0 Å². The van der Waals surface area contributed by atoms with Gasteiger partial charge in [-0.2, -0.15) is 0 Å². The Kier molecular flexibility index (Phi) is 4.25. The van der Waals surface area contributed by atoms with Crippen molar-refractivity contribution in [1.82, 2.24) is 10.3 Å². The van der Waals surface area contributed by atoms with E-state index in [1.807, 2.05) is 0 Å². The van der Waals surface area contributed by atoms with Gasteiger partial charge in [-0.3, -0.25) is 9.78 Å². The van der Waals surface area contributed by atoms with Crippen LogP contribution in [0.25, 0.3) is 0 Å². The number of hydrogen-bond acceptors (Lipinski definition) is 3. The maximum atomic E-state index is 13.0. The van der Waals surface area contributed by atoms with E-state index < -0.39 is 5.82 Å². The summed E-state index contributed by atoms with van der Waals surface area (Å²) in [5, 5.41) is 2.88. The molecule has 2 rings (SSSR count). The summed E-state index contributed by atoms with van der Waals surface area (Å²) in [6, 6.07) is 1.14. The lowest BCUT2D eigenvalue weighted by atomic mass is 10.0. The number of nitrogens with two attached hydrogens (primary N) is 1. The Hall–Kier alpha value is -1.49. The average molecular weight is 251 g/mol. The molecular formula is C13H18FN3O. The van der Waals surface area contributed by atoms with Crippen molar-refractivity contribution in [1.29, 1.82) is 0 Å². The van der Waals surface area contributed by atoms with Crippen LogP contribution in [0.15, 0.2) is 18.5 Å². The number of rotatable bonds is 2. The van der Waals surface area contributed by atoms with Gasteiger partial charge in [0.2, 0.25) is 0 Å². The van der Waals surface area contributed by atoms with E-state index in [2.05, 4.69) is 10.3 Å².